The minimum absolute atomic E-state index is 0.0242. The molecular weight excluding hydrogens is 408 g/mol. The number of amides is 1. The maximum atomic E-state index is 12.5. The molecule has 0 saturated carbocycles. The van der Waals surface area contributed by atoms with E-state index in [2.05, 4.69) is 34.6 Å². The highest BCUT2D eigenvalue weighted by Gasteiger charge is 2.24. The van der Waals surface area contributed by atoms with Crippen LogP contribution >= 0.6 is 11.8 Å². The van der Waals surface area contributed by atoms with Gasteiger partial charge in [0, 0.05) is 5.69 Å². The predicted octanol–water partition coefficient (Wildman–Crippen LogP) is 5.45. The number of rotatable bonds is 5. The van der Waals surface area contributed by atoms with Crippen molar-refractivity contribution in [3.8, 4) is 11.1 Å². The number of allylic oxidation sites excluding steroid dienone is 1. The minimum atomic E-state index is -0.871. The van der Waals surface area contributed by atoms with Crippen LogP contribution in [0.2, 0.25) is 0 Å². The lowest BCUT2D eigenvalue weighted by Crippen LogP contribution is -2.05. The lowest BCUT2D eigenvalue weighted by molar-refractivity contribution is -0.136. The van der Waals surface area contributed by atoms with Gasteiger partial charge < -0.3 is 10.4 Å². The molecule has 0 radical (unpaired) electrons. The third-order valence-corrected chi connectivity index (χ3v) is 5.99. The number of aliphatic carboxylic acids is 1. The van der Waals surface area contributed by atoms with Gasteiger partial charge in [-0.3, -0.25) is 9.59 Å². The molecule has 6 heteroatoms. The molecule has 2 N–H and O–H groups in total. The van der Waals surface area contributed by atoms with E-state index in [1.165, 1.54) is 11.8 Å². The monoisotopic (exact) mass is 428 g/mol. The molecule has 154 valence electrons. The smallest absolute Gasteiger partial charge is 0.307 e. The van der Waals surface area contributed by atoms with E-state index >= 15 is 0 Å². The van der Waals surface area contributed by atoms with Crippen molar-refractivity contribution >= 4 is 40.1 Å². The van der Waals surface area contributed by atoms with Gasteiger partial charge in [-0.25, -0.2) is 0 Å². The van der Waals surface area contributed by atoms with Crippen molar-refractivity contribution in [3.63, 3.8) is 0 Å². The van der Waals surface area contributed by atoms with Crippen LogP contribution in [-0.4, -0.2) is 22.2 Å². The number of hydrogen-bond donors (Lipinski definition) is 2. The van der Waals surface area contributed by atoms with Crippen LogP contribution in [0.3, 0.4) is 0 Å². The Labute approximate surface area is 184 Å². The predicted molar refractivity (Wildman–Crippen MR) is 126 cm³/mol. The summed E-state index contributed by atoms with van der Waals surface area (Å²) in [4.78, 5) is 28.0. The Morgan fingerprint density at radius 3 is 2.23 bits per heavy atom. The fraction of sp³-hybridized carbons (Fsp3) is 0.0800. The molecule has 31 heavy (non-hydrogen) atoms. The number of amidine groups is 1. The highest BCUT2D eigenvalue weighted by atomic mass is 32.2. The standard InChI is InChI=1S/C25H20N2O3S/c1-16(18-9-11-20(12-10-18)19-5-3-2-4-6-19)23-24(30)27-25(31-23)26-21-13-7-17(8-14-21)15-22(28)29/h2-14H,15H2,1H3,(H,28,29)(H,26,27,30)/b23-16+. The van der Waals surface area contributed by atoms with Crippen LogP contribution in [0, 0.1) is 0 Å². The molecular formula is C25H20N2O3S. The second kappa shape index (κ2) is 9.02. The Bertz CT molecular complexity index is 1180. The molecule has 0 fully saturated rings. The van der Waals surface area contributed by atoms with Crippen molar-refractivity contribution in [1.82, 2.24) is 0 Å². The molecule has 0 spiro atoms. The SMILES string of the molecule is C/C(=C1\SC(Nc2ccc(CC(=O)O)cc2)=NC1=O)c1ccc(-c2ccccc2)cc1. The van der Waals surface area contributed by atoms with Crippen molar-refractivity contribution in [2.75, 3.05) is 5.32 Å². The van der Waals surface area contributed by atoms with Crippen LogP contribution in [0.4, 0.5) is 5.69 Å². The van der Waals surface area contributed by atoms with E-state index in [4.69, 9.17) is 5.11 Å². The van der Waals surface area contributed by atoms with Crippen molar-refractivity contribution in [3.05, 3.63) is 94.9 Å². The first-order valence-electron chi connectivity index (χ1n) is 9.75. The number of carboxylic acid groups (broad SMARTS) is 1. The number of aliphatic imine (C=N–C) groups is 1. The van der Waals surface area contributed by atoms with Gasteiger partial charge >= 0.3 is 5.97 Å². The molecule has 1 aliphatic heterocycles. The lowest BCUT2D eigenvalue weighted by Gasteiger charge is -2.08. The Morgan fingerprint density at radius 2 is 1.58 bits per heavy atom. The Kier molecular flexibility index (Phi) is 6.00. The molecule has 0 aromatic heterocycles. The van der Waals surface area contributed by atoms with Gasteiger partial charge in [-0.2, -0.15) is 4.99 Å². The van der Waals surface area contributed by atoms with E-state index in [1.54, 1.807) is 24.3 Å². The zero-order valence-electron chi connectivity index (χ0n) is 16.8. The van der Waals surface area contributed by atoms with Crippen molar-refractivity contribution < 1.29 is 14.7 Å². The first-order chi connectivity index (χ1) is 15.0. The highest BCUT2D eigenvalue weighted by molar-refractivity contribution is 8.18. The van der Waals surface area contributed by atoms with Crippen molar-refractivity contribution in [1.29, 1.82) is 0 Å². The van der Waals surface area contributed by atoms with Crippen LogP contribution in [0.25, 0.3) is 16.7 Å². The second-order valence-corrected chi connectivity index (χ2v) is 8.11. The average Bonchev–Trinajstić information content (AvgIpc) is 3.15. The molecule has 1 aliphatic rings. The molecule has 0 atom stereocenters. The molecule has 0 bridgehead atoms. The fourth-order valence-electron chi connectivity index (χ4n) is 3.27. The number of thioether (sulfide) groups is 1. The first kappa shape index (κ1) is 20.6. The molecule has 0 aliphatic carbocycles. The lowest BCUT2D eigenvalue weighted by atomic mass is 10.0. The number of nitrogens with zero attached hydrogens (tertiary/aromatic N) is 1. The summed E-state index contributed by atoms with van der Waals surface area (Å²) in [5, 5.41) is 12.5. The normalized spacial score (nSPS) is 14.9. The Hall–Kier alpha value is -3.64. The van der Waals surface area contributed by atoms with Gasteiger partial charge in [0.1, 0.15) is 0 Å². The van der Waals surface area contributed by atoms with Gasteiger partial charge in [0.25, 0.3) is 5.91 Å². The summed E-state index contributed by atoms with van der Waals surface area (Å²) in [5.41, 5.74) is 5.59. The van der Waals surface area contributed by atoms with Crippen LogP contribution in [0.1, 0.15) is 18.1 Å². The van der Waals surface area contributed by atoms with Gasteiger partial charge in [-0.1, -0.05) is 66.7 Å². The third kappa shape index (κ3) is 4.92. The quantitative estimate of drug-likeness (QED) is 0.528. The van der Waals surface area contributed by atoms with Gasteiger partial charge in [0.15, 0.2) is 5.17 Å². The number of benzene rings is 3. The zero-order chi connectivity index (χ0) is 21.8. The number of nitrogens with one attached hydrogen (secondary N) is 1. The summed E-state index contributed by atoms with van der Waals surface area (Å²) in [6.45, 7) is 1.93. The van der Waals surface area contributed by atoms with Crippen LogP contribution < -0.4 is 5.32 Å². The summed E-state index contributed by atoms with van der Waals surface area (Å²) in [6, 6.07) is 25.3. The largest absolute Gasteiger partial charge is 0.481 e. The van der Waals surface area contributed by atoms with Crippen molar-refractivity contribution in [2.24, 2.45) is 4.99 Å². The Balaban J connectivity index is 1.47. The molecule has 3 aromatic rings. The maximum absolute atomic E-state index is 12.5. The van der Waals surface area contributed by atoms with Crippen LogP contribution in [-0.2, 0) is 16.0 Å². The summed E-state index contributed by atoms with van der Waals surface area (Å²) >= 11 is 1.31. The molecule has 0 unspecified atom stereocenters. The highest BCUT2D eigenvalue weighted by Crippen LogP contribution is 2.34. The van der Waals surface area contributed by atoms with E-state index in [0.717, 1.165) is 28.0 Å². The topological polar surface area (TPSA) is 78.8 Å². The first-order valence-corrected chi connectivity index (χ1v) is 10.6. The van der Waals surface area contributed by atoms with Gasteiger partial charge in [0.05, 0.1) is 11.3 Å². The molecule has 1 heterocycles. The number of carbonyl (C=O) groups excluding carboxylic acids is 1. The third-order valence-electron chi connectivity index (χ3n) is 4.92. The van der Waals surface area contributed by atoms with E-state index < -0.39 is 5.97 Å². The molecule has 0 saturated heterocycles. The number of carboxylic acids is 1. The molecule has 4 rings (SSSR count). The molecule has 5 nitrogen and oxygen atoms in total. The van der Waals surface area contributed by atoms with E-state index in [-0.39, 0.29) is 12.3 Å². The number of hydrogen-bond acceptors (Lipinski definition) is 4. The van der Waals surface area contributed by atoms with E-state index in [9.17, 15) is 9.59 Å². The summed E-state index contributed by atoms with van der Waals surface area (Å²) < 4.78 is 0. The van der Waals surface area contributed by atoms with Crippen LogP contribution in [0.15, 0.2) is 88.8 Å². The average molecular weight is 429 g/mol. The number of carbonyl (C=O) groups is 2. The minimum Gasteiger partial charge on any atom is -0.481 e. The summed E-state index contributed by atoms with van der Waals surface area (Å²) in [7, 11) is 0. The zero-order valence-corrected chi connectivity index (χ0v) is 17.6. The maximum Gasteiger partial charge on any atom is 0.307 e. The molecule has 3 aromatic carbocycles. The van der Waals surface area contributed by atoms with Gasteiger partial charge in [-0.15, -0.1) is 0 Å². The van der Waals surface area contributed by atoms with Crippen molar-refractivity contribution in [2.45, 2.75) is 13.3 Å². The summed E-state index contributed by atoms with van der Waals surface area (Å²) in [6.07, 6.45) is -0.0242. The Morgan fingerprint density at radius 1 is 0.935 bits per heavy atom. The molecule has 1 amide bonds. The summed E-state index contributed by atoms with van der Waals surface area (Å²) in [5.74, 6) is -1.14. The van der Waals surface area contributed by atoms with Gasteiger partial charge in [0.2, 0.25) is 0 Å². The van der Waals surface area contributed by atoms with E-state index in [0.29, 0.717) is 15.6 Å². The second-order valence-electron chi connectivity index (χ2n) is 7.11. The van der Waals surface area contributed by atoms with E-state index in [1.807, 2.05) is 37.3 Å². The van der Waals surface area contributed by atoms with Crippen LogP contribution in [0.5, 0.6) is 0 Å². The number of anilines is 1. The fourth-order valence-corrected chi connectivity index (χ4v) is 4.17. The van der Waals surface area contributed by atoms with Gasteiger partial charge in [-0.05, 0) is 58.6 Å².